The molecule has 1 unspecified atom stereocenters. The molecule has 18 heavy (non-hydrogen) atoms. The van der Waals surface area contributed by atoms with E-state index in [-0.39, 0.29) is 6.04 Å². The van der Waals surface area contributed by atoms with E-state index in [9.17, 15) is 0 Å². The van der Waals surface area contributed by atoms with E-state index in [2.05, 4.69) is 43.3 Å². The summed E-state index contributed by atoms with van der Waals surface area (Å²) in [5, 5.41) is 4.17. The number of aromatic nitrogens is 2. The molecule has 0 saturated carbocycles. The van der Waals surface area contributed by atoms with Crippen molar-refractivity contribution >= 4 is 0 Å². The molecule has 0 spiro atoms. The lowest BCUT2D eigenvalue weighted by Gasteiger charge is -2.14. The van der Waals surface area contributed by atoms with Crippen LogP contribution in [0.4, 0.5) is 0 Å². The first-order valence-electron chi connectivity index (χ1n) is 6.36. The highest BCUT2D eigenvalue weighted by molar-refractivity contribution is 5.32. The zero-order chi connectivity index (χ0) is 13.1. The van der Waals surface area contributed by atoms with Gasteiger partial charge in [-0.3, -0.25) is 4.68 Å². The summed E-state index contributed by atoms with van der Waals surface area (Å²) >= 11 is 0. The third-order valence-corrected chi connectivity index (χ3v) is 3.33. The summed E-state index contributed by atoms with van der Waals surface area (Å²) in [4.78, 5) is 0. The van der Waals surface area contributed by atoms with Crippen LogP contribution in [0, 0.1) is 13.8 Å². The standard InChI is InChI=1S/C15H21N3/c1-11-4-6-14(12(2)8-11)15(16)7-5-13-9-17-18(3)10-13/h4,6,8-10,15H,5,7,16H2,1-3H3. The minimum absolute atomic E-state index is 0.103. The van der Waals surface area contributed by atoms with Crippen LogP contribution in [-0.2, 0) is 13.5 Å². The number of hydrogen-bond donors (Lipinski definition) is 1. The molecular weight excluding hydrogens is 222 g/mol. The van der Waals surface area contributed by atoms with Crippen molar-refractivity contribution in [3.8, 4) is 0 Å². The van der Waals surface area contributed by atoms with E-state index in [4.69, 9.17) is 5.73 Å². The van der Waals surface area contributed by atoms with E-state index in [1.165, 1.54) is 22.3 Å². The van der Waals surface area contributed by atoms with Crippen LogP contribution < -0.4 is 5.73 Å². The molecule has 0 bridgehead atoms. The van der Waals surface area contributed by atoms with Gasteiger partial charge in [0.1, 0.15) is 0 Å². The van der Waals surface area contributed by atoms with E-state index in [0.717, 1.165) is 12.8 Å². The maximum absolute atomic E-state index is 6.27. The van der Waals surface area contributed by atoms with Gasteiger partial charge in [0.2, 0.25) is 0 Å². The molecule has 3 nitrogen and oxygen atoms in total. The van der Waals surface area contributed by atoms with Crippen molar-refractivity contribution in [1.29, 1.82) is 0 Å². The van der Waals surface area contributed by atoms with E-state index in [0.29, 0.717) is 0 Å². The molecule has 0 aliphatic rings. The number of hydrogen-bond acceptors (Lipinski definition) is 2. The van der Waals surface area contributed by atoms with Gasteiger partial charge in [-0.05, 0) is 43.4 Å². The number of nitrogens with zero attached hydrogens (tertiary/aromatic N) is 2. The topological polar surface area (TPSA) is 43.8 Å². The van der Waals surface area contributed by atoms with Gasteiger partial charge in [-0.2, -0.15) is 5.10 Å². The molecule has 3 heteroatoms. The van der Waals surface area contributed by atoms with Gasteiger partial charge in [0, 0.05) is 19.3 Å². The van der Waals surface area contributed by atoms with Crippen molar-refractivity contribution in [3.05, 3.63) is 52.8 Å². The molecule has 2 rings (SSSR count). The lowest BCUT2D eigenvalue weighted by Crippen LogP contribution is -2.12. The fraction of sp³-hybridized carbons (Fsp3) is 0.400. The molecule has 0 aliphatic carbocycles. The fourth-order valence-corrected chi connectivity index (χ4v) is 2.32. The highest BCUT2D eigenvalue weighted by Crippen LogP contribution is 2.21. The maximum Gasteiger partial charge on any atom is 0.0521 e. The Morgan fingerprint density at radius 1 is 1.33 bits per heavy atom. The molecule has 1 atom stereocenters. The van der Waals surface area contributed by atoms with Crippen LogP contribution in [-0.4, -0.2) is 9.78 Å². The number of benzene rings is 1. The second kappa shape index (κ2) is 5.36. The Morgan fingerprint density at radius 2 is 2.11 bits per heavy atom. The first-order valence-corrected chi connectivity index (χ1v) is 6.36. The molecule has 0 amide bonds. The van der Waals surface area contributed by atoms with Crippen molar-refractivity contribution in [2.75, 3.05) is 0 Å². The van der Waals surface area contributed by atoms with Crippen molar-refractivity contribution in [2.24, 2.45) is 12.8 Å². The van der Waals surface area contributed by atoms with Gasteiger partial charge in [0.25, 0.3) is 0 Å². The Hall–Kier alpha value is -1.61. The number of rotatable bonds is 4. The number of aryl methyl sites for hydroxylation is 4. The minimum atomic E-state index is 0.103. The highest BCUT2D eigenvalue weighted by Gasteiger charge is 2.09. The summed E-state index contributed by atoms with van der Waals surface area (Å²) in [7, 11) is 1.94. The lowest BCUT2D eigenvalue weighted by molar-refractivity contribution is 0.647. The molecule has 1 heterocycles. The fourth-order valence-electron chi connectivity index (χ4n) is 2.32. The van der Waals surface area contributed by atoms with Crippen LogP contribution in [0.3, 0.4) is 0 Å². The van der Waals surface area contributed by atoms with Crippen molar-refractivity contribution in [1.82, 2.24) is 9.78 Å². The smallest absolute Gasteiger partial charge is 0.0521 e. The van der Waals surface area contributed by atoms with Gasteiger partial charge in [0.05, 0.1) is 6.20 Å². The van der Waals surface area contributed by atoms with Gasteiger partial charge in [-0.25, -0.2) is 0 Å². The predicted molar refractivity (Wildman–Crippen MR) is 74.4 cm³/mol. The molecule has 2 aromatic rings. The van der Waals surface area contributed by atoms with Crippen molar-refractivity contribution in [3.63, 3.8) is 0 Å². The van der Waals surface area contributed by atoms with Gasteiger partial charge < -0.3 is 5.73 Å². The van der Waals surface area contributed by atoms with E-state index >= 15 is 0 Å². The number of nitrogens with two attached hydrogens (primary N) is 1. The summed E-state index contributed by atoms with van der Waals surface area (Å²) in [5.41, 5.74) is 11.3. The Labute approximate surface area is 109 Å². The Kier molecular flexibility index (Phi) is 3.82. The Balaban J connectivity index is 2.01. The minimum Gasteiger partial charge on any atom is -0.324 e. The monoisotopic (exact) mass is 243 g/mol. The molecule has 0 aliphatic heterocycles. The van der Waals surface area contributed by atoms with E-state index < -0.39 is 0 Å². The van der Waals surface area contributed by atoms with Crippen LogP contribution in [0.5, 0.6) is 0 Å². The third kappa shape index (κ3) is 2.99. The van der Waals surface area contributed by atoms with Crippen LogP contribution in [0.25, 0.3) is 0 Å². The molecule has 2 N–H and O–H groups in total. The Morgan fingerprint density at radius 3 is 2.72 bits per heavy atom. The second-order valence-electron chi connectivity index (χ2n) is 5.03. The van der Waals surface area contributed by atoms with Crippen LogP contribution in [0.1, 0.15) is 34.7 Å². The predicted octanol–water partition coefficient (Wildman–Crippen LogP) is 2.67. The largest absolute Gasteiger partial charge is 0.324 e. The Bertz CT molecular complexity index is 528. The van der Waals surface area contributed by atoms with Crippen LogP contribution in [0.15, 0.2) is 30.6 Å². The molecule has 96 valence electrons. The average molecular weight is 243 g/mol. The first kappa shape index (κ1) is 12.8. The average Bonchev–Trinajstić information content (AvgIpc) is 2.72. The molecule has 0 radical (unpaired) electrons. The van der Waals surface area contributed by atoms with Gasteiger partial charge in [-0.15, -0.1) is 0 Å². The van der Waals surface area contributed by atoms with Crippen LogP contribution in [0.2, 0.25) is 0 Å². The van der Waals surface area contributed by atoms with E-state index in [1.54, 1.807) is 0 Å². The molecular formula is C15H21N3. The van der Waals surface area contributed by atoms with Gasteiger partial charge in [-0.1, -0.05) is 23.8 Å². The molecule has 1 aromatic heterocycles. The summed E-state index contributed by atoms with van der Waals surface area (Å²) < 4.78 is 1.83. The summed E-state index contributed by atoms with van der Waals surface area (Å²) in [5.74, 6) is 0. The van der Waals surface area contributed by atoms with Gasteiger partial charge >= 0.3 is 0 Å². The zero-order valence-corrected chi connectivity index (χ0v) is 11.4. The van der Waals surface area contributed by atoms with Crippen LogP contribution >= 0.6 is 0 Å². The molecule has 1 aromatic carbocycles. The molecule has 0 saturated heterocycles. The quantitative estimate of drug-likeness (QED) is 0.897. The molecule has 0 fully saturated rings. The van der Waals surface area contributed by atoms with Crippen molar-refractivity contribution < 1.29 is 0 Å². The first-order chi connectivity index (χ1) is 8.56. The normalized spacial score (nSPS) is 12.7. The maximum atomic E-state index is 6.27. The third-order valence-electron chi connectivity index (χ3n) is 3.33. The van der Waals surface area contributed by atoms with Gasteiger partial charge in [0.15, 0.2) is 0 Å². The second-order valence-corrected chi connectivity index (χ2v) is 5.03. The van der Waals surface area contributed by atoms with E-state index in [1.807, 2.05) is 17.9 Å². The summed E-state index contributed by atoms with van der Waals surface area (Å²) in [6.45, 7) is 4.24. The summed E-state index contributed by atoms with van der Waals surface area (Å²) in [6.07, 6.45) is 5.89. The lowest BCUT2D eigenvalue weighted by atomic mass is 9.96. The van der Waals surface area contributed by atoms with Crippen molar-refractivity contribution in [2.45, 2.75) is 32.7 Å². The summed E-state index contributed by atoms with van der Waals surface area (Å²) in [6, 6.07) is 6.58. The highest BCUT2D eigenvalue weighted by atomic mass is 15.2. The zero-order valence-electron chi connectivity index (χ0n) is 11.4. The SMILES string of the molecule is Cc1ccc(C(N)CCc2cnn(C)c2)c(C)c1.